The van der Waals surface area contributed by atoms with E-state index in [9.17, 15) is 19.5 Å². The predicted molar refractivity (Wildman–Crippen MR) is 65.8 cm³/mol. The number of hydrogen-bond donors (Lipinski definition) is 4. The van der Waals surface area contributed by atoms with Gasteiger partial charge in [0.25, 0.3) is 5.91 Å². The molecule has 1 atom stereocenters. The first-order chi connectivity index (χ1) is 8.81. The first-order valence-corrected chi connectivity index (χ1v) is 5.49. The summed E-state index contributed by atoms with van der Waals surface area (Å²) in [7, 11) is 0. The third kappa shape index (κ3) is 4.14. The van der Waals surface area contributed by atoms with Gasteiger partial charge in [-0.25, -0.2) is 4.79 Å². The van der Waals surface area contributed by atoms with Crippen molar-refractivity contribution in [2.75, 3.05) is 0 Å². The van der Waals surface area contributed by atoms with Crippen LogP contribution in [0, 0.1) is 0 Å². The van der Waals surface area contributed by atoms with E-state index in [1.165, 1.54) is 18.2 Å². The van der Waals surface area contributed by atoms with Crippen LogP contribution in [-0.4, -0.2) is 34.0 Å². The van der Waals surface area contributed by atoms with E-state index in [2.05, 4.69) is 5.32 Å². The third-order valence-electron chi connectivity index (χ3n) is 2.22. The number of nitrogens with two attached hydrogens (primary N) is 1. The highest BCUT2D eigenvalue weighted by Crippen LogP contribution is 2.23. The maximum atomic E-state index is 11.7. The van der Waals surface area contributed by atoms with Crippen LogP contribution in [0.3, 0.4) is 0 Å². The minimum Gasteiger partial charge on any atom is -0.506 e. The zero-order chi connectivity index (χ0) is 14.6. The van der Waals surface area contributed by atoms with E-state index in [0.29, 0.717) is 0 Å². The Balaban J connectivity index is 2.84. The molecule has 2 amide bonds. The first kappa shape index (κ1) is 14.8. The van der Waals surface area contributed by atoms with Crippen LogP contribution in [-0.2, 0) is 9.59 Å². The smallest absolute Gasteiger partial charge is 0.326 e. The average Bonchev–Trinajstić information content (AvgIpc) is 2.31. The number of carboxylic acids is 1. The van der Waals surface area contributed by atoms with Crippen LogP contribution in [0.15, 0.2) is 18.2 Å². The molecule has 1 aromatic carbocycles. The highest BCUT2D eigenvalue weighted by molar-refractivity contribution is 6.32. The third-order valence-corrected chi connectivity index (χ3v) is 2.52. The number of halogens is 1. The molecule has 8 heteroatoms. The molecule has 0 saturated carbocycles. The van der Waals surface area contributed by atoms with Crippen LogP contribution in [0.1, 0.15) is 16.8 Å². The first-order valence-electron chi connectivity index (χ1n) is 5.11. The van der Waals surface area contributed by atoms with Crippen molar-refractivity contribution in [2.24, 2.45) is 5.73 Å². The Morgan fingerprint density at radius 1 is 1.37 bits per heavy atom. The van der Waals surface area contributed by atoms with Crippen LogP contribution in [0.4, 0.5) is 0 Å². The molecule has 0 saturated heterocycles. The SMILES string of the molecule is NC(=O)C[C@@H](NC(=O)c1ccc(O)c(Cl)c1)C(=O)O. The van der Waals surface area contributed by atoms with Gasteiger partial charge in [0.15, 0.2) is 0 Å². The number of rotatable bonds is 5. The van der Waals surface area contributed by atoms with Crippen molar-refractivity contribution in [3.8, 4) is 5.75 Å². The second-order valence-corrected chi connectivity index (χ2v) is 4.11. The highest BCUT2D eigenvalue weighted by Gasteiger charge is 2.22. The van der Waals surface area contributed by atoms with Crippen molar-refractivity contribution in [1.29, 1.82) is 0 Å². The minimum absolute atomic E-state index is 0.0468. The van der Waals surface area contributed by atoms with E-state index >= 15 is 0 Å². The molecule has 0 unspecified atom stereocenters. The summed E-state index contributed by atoms with van der Waals surface area (Å²) in [5.41, 5.74) is 4.94. The molecule has 0 radical (unpaired) electrons. The molecule has 0 bridgehead atoms. The predicted octanol–water partition coefficient (Wildman–Crippen LogP) is 0.104. The van der Waals surface area contributed by atoms with Crippen molar-refractivity contribution in [1.82, 2.24) is 5.32 Å². The van der Waals surface area contributed by atoms with Crippen LogP contribution >= 0.6 is 11.6 Å². The van der Waals surface area contributed by atoms with Gasteiger partial charge in [-0.2, -0.15) is 0 Å². The summed E-state index contributed by atoms with van der Waals surface area (Å²) < 4.78 is 0. The van der Waals surface area contributed by atoms with Crippen molar-refractivity contribution in [3.63, 3.8) is 0 Å². The molecule has 102 valence electrons. The van der Waals surface area contributed by atoms with E-state index in [4.69, 9.17) is 22.4 Å². The average molecular weight is 287 g/mol. The Kier molecular flexibility index (Phi) is 4.71. The number of phenols is 1. The van der Waals surface area contributed by atoms with Gasteiger partial charge in [0.1, 0.15) is 11.8 Å². The lowest BCUT2D eigenvalue weighted by molar-refractivity contribution is -0.140. The molecule has 1 aromatic rings. The second kappa shape index (κ2) is 6.05. The summed E-state index contributed by atoms with van der Waals surface area (Å²) in [6, 6.07) is 2.22. The lowest BCUT2D eigenvalue weighted by atomic mass is 10.1. The van der Waals surface area contributed by atoms with Crippen LogP contribution in [0.5, 0.6) is 5.75 Å². The quantitative estimate of drug-likeness (QED) is 0.610. The standard InChI is InChI=1S/C11H11ClN2O5/c12-6-3-5(1-2-8(6)15)10(17)14-7(11(18)19)4-9(13)16/h1-3,7,15H,4H2,(H2,13,16)(H,14,17)(H,18,19)/t7-/m1/s1. The summed E-state index contributed by atoms with van der Waals surface area (Å²) in [6.07, 6.45) is -0.521. The number of amides is 2. The van der Waals surface area contributed by atoms with E-state index in [1.807, 2.05) is 0 Å². The number of carbonyl (C=O) groups excluding carboxylic acids is 2. The fraction of sp³-hybridized carbons (Fsp3) is 0.182. The molecular formula is C11H11ClN2O5. The highest BCUT2D eigenvalue weighted by atomic mass is 35.5. The molecule has 0 aliphatic rings. The number of hydrogen-bond acceptors (Lipinski definition) is 4. The van der Waals surface area contributed by atoms with Crippen molar-refractivity contribution < 1.29 is 24.6 Å². The maximum Gasteiger partial charge on any atom is 0.326 e. The largest absolute Gasteiger partial charge is 0.506 e. The molecule has 0 aromatic heterocycles. The van der Waals surface area contributed by atoms with Gasteiger partial charge in [-0.1, -0.05) is 11.6 Å². The van der Waals surface area contributed by atoms with Gasteiger partial charge in [0.2, 0.25) is 5.91 Å². The maximum absolute atomic E-state index is 11.7. The van der Waals surface area contributed by atoms with Crippen molar-refractivity contribution in [2.45, 2.75) is 12.5 Å². The molecule has 0 aliphatic carbocycles. The van der Waals surface area contributed by atoms with Gasteiger partial charge in [-0.05, 0) is 18.2 Å². The van der Waals surface area contributed by atoms with Crippen LogP contribution < -0.4 is 11.1 Å². The number of aliphatic carboxylic acids is 1. The Morgan fingerprint density at radius 2 is 2.00 bits per heavy atom. The zero-order valence-electron chi connectivity index (χ0n) is 9.59. The van der Waals surface area contributed by atoms with Crippen molar-refractivity contribution >= 4 is 29.4 Å². The van der Waals surface area contributed by atoms with Gasteiger partial charge >= 0.3 is 5.97 Å². The lowest BCUT2D eigenvalue weighted by Crippen LogP contribution is -2.43. The van der Waals surface area contributed by atoms with Gasteiger partial charge in [-0.15, -0.1) is 0 Å². The van der Waals surface area contributed by atoms with Crippen LogP contribution in [0.25, 0.3) is 0 Å². The molecule has 19 heavy (non-hydrogen) atoms. The normalized spacial score (nSPS) is 11.6. The summed E-state index contributed by atoms with van der Waals surface area (Å²) in [6.45, 7) is 0. The molecule has 0 aliphatic heterocycles. The van der Waals surface area contributed by atoms with Crippen LogP contribution in [0.2, 0.25) is 5.02 Å². The Hall–Kier alpha value is -2.28. The van der Waals surface area contributed by atoms with Crippen molar-refractivity contribution in [3.05, 3.63) is 28.8 Å². The van der Waals surface area contributed by atoms with E-state index < -0.39 is 30.2 Å². The number of benzene rings is 1. The van der Waals surface area contributed by atoms with Gasteiger partial charge < -0.3 is 21.3 Å². The Morgan fingerprint density at radius 3 is 2.47 bits per heavy atom. The summed E-state index contributed by atoms with van der Waals surface area (Å²) in [4.78, 5) is 33.3. The minimum atomic E-state index is -1.42. The van der Waals surface area contributed by atoms with Gasteiger partial charge in [0, 0.05) is 5.56 Å². The summed E-state index contributed by atoms with van der Waals surface area (Å²) in [5, 5.41) is 20.1. The number of carboxylic acid groups (broad SMARTS) is 1. The Labute approximate surface area is 113 Å². The number of carbonyl (C=O) groups is 3. The fourth-order valence-electron chi connectivity index (χ4n) is 1.29. The van der Waals surface area contributed by atoms with E-state index in [-0.39, 0.29) is 16.3 Å². The van der Waals surface area contributed by atoms with Gasteiger partial charge in [0.05, 0.1) is 11.4 Å². The van der Waals surface area contributed by atoms with E-state index in [0.717, 1.165) is 0 Å². The molecule has 0 fully saturated rings. The molecule has 1 rings (SSSR count). The number of aromatic hydroxyl groups is 1. The van der Waals surface area contributed by atoms with Gasteiger partial charge in [-0.3, -0.25) is 9.59 Å². The number of phenolic OH excluding ortho intramolecular Hbond substituents is 1. The summed E-state index contributed by atoms with van der Waals surface area (Å²) >= 11 is 5.62. The molecule has 7 nitrogen and oxygen atoms in total. The number of primary amides is 1. The monoisotopic (exact) mass is 286 g/mol. The Bertz CT molecular complexity index is 532. The van der Waals surface area contributed by atoms with E-state index in [1.54, 1.807) is 0 Å². The molecular weight excluding hydrogens is 276 g/mol. The molecule has 0 heterocycles. The topological polar surface area (TPSA) is 130 Å². The lowest BCUT2D eigenvalue weighted by Gasteiger charge is -2.13. The number of nitrogens with one attached hydrogen (secondary N) is 1. The fourth-order valence-corrected chi connectivity index (χ4v) is 1.47. The molecule has 0 spiro atoms. The molecule has 5 N–H and O–H groups in total. The second-order valence-electron chi connectivity index (χ2n) is 3.70. The summed E-state index contributed by atoms with van der Waals surface area (Å²) in [5.74, 6) is -3.17. The zero-order valence-corrected chi connectivity index (χ0v) is 10.3.